The lowest BCUT2D eigenvalue weighted by Crippen LogP contribution is -2.47. The van der Waals surface area contributed by atoms with Gasteiger partial charge in [0.2, 0.25) is 0 Å². The fourth-order valence-electron chi connectivity index (χ4n) is 0.535. The molecule has 0 atom stereocenters. The third-order valence-electron chi connectivity index (χ3n) is 2.44. The molecule has 0 aliphatic heterocycles. The lowest BCUT2D eigenvalue weighted by molar-refractivity contribution is 0.513. The van der Waals surface area contributed by atoms with Crippen molar-refractivity contribution in [1.29, 1.82) is 0 Å². The summed E-state index contributed by atoms with van der Waals surface area (Å²) < 4.78 is 5.83. The molecule has 0 aromatic carbocycles. The van der Waals surface area contributed by atoms with Crippen molar-refractivity contribution in [3.8, 4) is 0 Å². The van der Waals surface area contributed by atoms with E-state index in [2.05, 4.69) is 40.4 Å². The highest BCUT2D eigenvalue weighted by Gasteiger charge is 2.43. The quantitative estimate of drug-likeness (QED) is 0.545. The first-order valence-corrected chi connectivity index (χ1v) is 11.2. The highest BCUT2D eigenvalue weighted by Crippen LogP contribution is 2.39. The molecule has 0 unspecified atom stereocenters. The van der Waals surface area contributed by atoms with Gasteiger partial charge in [0.1, 0.15) is 0 Å². The van der Waals surface area contributed by atoms with Gasteiger partial charge in [-0.25, -0.2) is 0 Å². The Labute approximate surface area is 92.7 Å². The van der Waals surface area contributed by atoms with Crippen LogP contribution in [0.2, 0.25) is 18.1 Å². The molecule has 0 saturated heterocycles. The van der Waals surface area contributed by atoms with Crippen LogP contribution in [0.4, 0.5) is 0 Å². The van der Waals surface area contributed by atoms with E-state index < -0.39 is 15.3 Å². The standard InChI is InChI=1S/C8H18Cl2OSi2/c1-7-13(9,10)11-12(5,6)8(2,3)4/h7H,1H2,2-6H3. The van der Waals surface area contributed by atoms with Crippen LogP contribution in [0.3, 0.4) is 0 Å². The lowest BCUT2D eigenvalue weighted by atomic mass is 10.2. The van der Waals surface area contributed by atoms with E-state index in [0.717, 1.165) is 0 Å². The predicted molar refractivity (Wildman–Crippen MR) is 65.9 cm³/mol. The van der Waals surface area contributed by atoms with Gasteiger partial charge >= 0.3 is 6.94 Å². The van der Waals surface area contributed by atoms with Crippen LogP contribution in [-0.4, -0.2) is 15.3 Å². The molecule has 0 amide bonds. The van der Waals surface area contributed by atoms with Gasteiger partial charge in [0.15, 0.2) is 8.32 Å². The number of hydrogen-bond donors (Lipinski definition) is 0. The maximum absolute atomic E-state index is 6.01. The van der Waals surface area contributed by atoms with E-state index >= 15 is 0 Å². The lowest BCUT2D eigenvalue weighted by Gasteiger charge is -2.39. The van der Waals surface area contributed by atoms with Crippen LogP contribution >= 0.6 is 22.2 Å². The molecule has 0 N–H and O–H groups in total. The molecule has 0 spiro atoms. The predicted octanol–water partition coefficient (Wildman–Crippen LogP) is 4.15. The zero-order valence-corrected chi connectivity index (χ0v) is 12.5. The Morgan fingerprint density at radius 1 is 1.23 bits per heavy atom. The minimum atomic E-state index is -2.65. The average Bonchev–Trinajstić information content (AvgIpc) is 1.83. The molecule has 0 saturated carbocycles. The molecule has 1 nitrogen and oxygen atoms in total. The summed E-state index contributed by atoms with van der Waals surface area (Å²) in [6, 6.07) is 0. The van der Waals surface area contributed by atoms with Crippen molar-refractivity contribution in [1.82, 2.24) is 0 Å². The van der Waals surface area contributed by atoms with Crippen LogP contribution in [0.1, 0.15) is 20.8 Å². The average molecular weight is 257 g/mol. The SMILES string of the molecule is C=C[Si](Cl)(Cl)O[Si](C)(C)C(C)(C)C. The van der Waals surface area contributed by atoms with Gasteiger partial charge in [0.25, 0.3) is 0 Å². The van der Waals surface area contributed by atoms with Crippen LogP contribution < -0.4 is 0 Å². The largest absolute Gasteiger partial charge is 0.431 e. The summed E-state index contributed by atoms with van der Waals surface area (Å²) >= 11 is 12.0. The van der Waals surface area contributed by atoms with E-state index in [0.29, 0.717) is 0 Å². The van der Waals surface area contributed by atoms with Crippen LogP contribution in [0.25, 0.3) is 0 Å². The van der Waals surface area contributed by atoms with Crippen LogP contribution in [0, 0.1) is 0 Å². The maximum Gasteiger partial charge on any atom is 0.405 e. The normalized spacial score (nSPS) is 14.4. The highest BCUT2D eigenvalue weighted by atomic mass is 35.7. The monoisotopic (exact) mass is 256 g/mol. The van der Waals surface area contributed by atoms with Crippen molar-refractivity contribution in [3.63, 3.8) is 0 Å². The molecule has 0 aromatic heterocycles. The van der Waals surface area contributed by atoms with Crippen molar-refractivity contribution >= 4 is 37.4 Å². The van der Waals surface area contributed by atoms with E-state index in [-0.39, 0.29) is 5.04 Å². The van der Waals surface area contributed by atoms with Gasteiger partial charge in [-0.3, -0.25) is 0 Å². The Bertz CT molecular complexity index is 197. The van der Waals surface area contributed by atoms with Crippen molar-refractivity contribution in [3.05, 3.63) is 12.3 Å². The number of rotatable bonds is 3. The Hall–Kier alpha value is 0.714. The molecule has 13 heavy (non-hydrogen) atoms. The van der Waals surface area contributed by atoms with Gasteiger partial charge in [0.05, 0.1) is 0 Å². The maximum atomic E-state index is 6.01. The van der Waals surface area contributed by atoms with E-state index in [1.807, 2.05) is 0 Å². The zero-order chi connectivity index (χ0) is 10.9. The minimum Gasteiger partial charge on any atom is -0.431 e. The van der Waals surface area contributed by atoms with Crippen molar-refractivity contribution in [2.75, 3.05) is 0 Å². The summed E-state index contributed by atoms with van der Waals surface area (Å²) in [4.78, 5) is 0. The van der Waals surface area contributed by atoms with Gasteiger partial charge in [-0.15, -0.1) is 28.7 Å². The first kappa shape index (κ1) is 13.7. The second-order valence-electron chi connectivity index (χ2n) is 4.63. The molecule has 0 bridgehead atoms. The van der Waals surface area contributed by atoms with E-state index in [4.69, 9.17) is 26.3 Å². The first-order chi connectivity index (χ1) is 5.52. The molecule has 0 aliphatic carbocycles. The fourth-order valence-corrected chi connectivity index (χ4v) is 8.29. The summed E-state index contributed by atoms with van der Waals surface area (Å²) in [5, 5.41) is 0.137. The Morgan fingerprint density at radius 3 is 1.85 bits per heavy atom. The Kier molecular flexibility index (Phi) is 4.29. The smallest absolute Gasteiger partial charge is 0.405 e. The molecule has 0 aromatic rings. The molecule has 0 aliphatic rings. The molecular weight excluding hydrogens is 239 g/mol. The highest BCUT2D eigenvalue weighted by molar-refractivity contribution is 7.45. The van der Waals surface area contributed by atoms with E-state index in [1.165, 1.54) is 0 Å². The van der Waals surface area contributed by atoms with Crippen LogP contribution in [0.5, 0.6) is 0 Å². The minimum absolute atomic E-state index is 0.137. The summed E-state index contributed by atoms with van der Waals surface area (Å²) in [6.07, 6.45) is 0. The second-order valence-corrected chi connectivity index (χ2v) is 15.4. The molecule has 0 radical (unpaired) electrons. The van der Waals surface area contributed by atoms with Crippen molar-refractivity contribution in [2.45, 2.75) is 38.9 Å². The summed E-state index contributed by atoms with van der Waals surface area (Å²) in [7, 11) is -1.83. The Balaban J connectivity index is 4.61. The third-order valence-corrected chi connectivity index (χ3v) is 12.0. The van der Waals surface area contributed by atoms with Gasteiger partial charge in [-0.2, -0.15) is 0 Å². The van der Waals surface area contributed by atoms with Gasteiger partial charge in [-0.1, -0.05) is 20.8 Å². The second kappa shape index (κ2) is 4.07. The van der Waals surface area contributed by atoms with Crippen LogP contribution in [-0.2, 0) is 4.12 Å². The first-order valence-electron chi connectivity index (χ1n) is 4.23. The van der Waals surface area contributed by atoms with Gasteiger partial charge < -0.3 is 4.12 Å². The molecule has 0 rings (SSSR count). The number of hydrogen-bond acceptors (Lipinski definition) is 1. The molecule has 5 heteroatoms. The van der Waals surface area contributed by atoms with Crippen molar-refractivity contribution in [2.24, 2.45) is 0 Å². The molecule has 0 heterocycles. The third kappa shape index (κ3) is 4.17. The molecular formula is C8H18Cl2OSi2. The molecule has 0 fully saturated rings. The summed E-state index contributed by atoms with van der Waals surface area (Å²) in [5.74, 6) is 0. The topological polar surface area (TPSA) is 9.23 Å². The van der Waals surface area contributed by atoms with E-state index in [9.17, 15) is 0 Å². The molecule has 78 valence electrons. The number of halogens is 2. The van der Waals surface area contributed by atoms with Gasteiger partial charge in [0, 0.05) is 0 Å². The Morgan fingerprint density at radius 2 is 1.62 bits per heavy atom. The van der Waals surface area contributed by atoms with Gasteiger partial charge in [-0.05, 0) is 23.8 Å². The van der Waals surface area contributed by atoms with E-state index in [1.54, 1.807) is 5.70 Å². The summed E-state index contributed by atoms with van der Waals surface area (Å²) in [6.45, 7) is 11.7. The van der Waals surface area contributed by atoms with Crippen LogP contribution in [0.15, 0.2) is 12.3 Å². The zero-order valence-electron chi connectivity index (χ0n) is 8.95. The summed E-state index contributed by atoms with van der Waals surface area (Å²) in [5.41, 5.74) is 1.55. The fraction of sp³-hybridized carbons (Fsp3) is 0.750. The van der Waals surface area contributed by atoms with Crippen molar-refractivity contribution < 1.29 is 4.12 Å².